The molecule has 1 unspecified atom stereocenters. The van der Waals surface area contributed by atoms with E-state index in [1.165, 1.54) is 16.8 Å². The first kappa shape index (κ1) is 24.5. The maximum Gasteiger partial charge on any atom is 0.274 e. The van der Waals surface area contributed by atoms with Gasteiger partial charge >= 0.3 is 0 Å². The summed E-state index contributed by atoms with van der Waals surface area (Å²) in [6, 6.07) is 3.29. The first-order valence-corrected chi connectivity index (χ1v) is 12.3. The Morgan fingerprint density at radius 3 is 2.76 bits per heavy atom. The first-order chi connectivity index (χ1) is 15.5. The summed E-state index contributed by atoms with van der Waals surface area (Å²) in [4.78, 5) is 15.2. The zero-order chi connectivity index (χ0) is 24.1. The van der Waals surface area contributed by atoms with E-state index in [1.807, 2.05) is 38.4 Å². The fraction of sp³-hybridized carbons (Fsp3) is 0.762. The van der Waals surface area contributed by atoms with Crippen LogP contribution < -0.4 is 11.3 Å². The summed E-state index contributed by atoms with van der Waals surface area (Å²) in [7, 11) is -1.77. The van der Waals surface area contributed by atoms with Crippen molar-refractivity contribution in [2.45, 2.75) is 88.7 Å². The summed E-state index contributed by atoms with van der Waals surface area (Å²) in [5.74, 6) is -0.308. The average molecular weight is 483 g/mol. The predicted molar refractivity (Wildman–Crippen MR) is 118 cm³/mol. The SMILES string of the molecule is CC(C)N(C(C)C)P(OCCC#N)O[C@]12C[C@@H]3C[C@]3(O)[C@H]1O[C@@H](n1ccc(=O)nc1N)[C@H]2F. The zero-order valence-electron chi connectivity index (χ0n) is 19.2. The Labute approximate surface area is 193 Å². The molecule has 1 saturated heterocycles. The Morgan fingerprint density at radius 1 is 1.45 bits per heavy atom. The van der Waals surface area contributed by atoms with Crippen LogP contribution in [0.2, 0.25) is 0 Å². The largest absolute Gasteiger partial charge is 0.387 e. The van der Waals surface area contributed by atoms with Gasteiger partial charge in [0.2, 0.25) is 5.95 Å². The van der Waals surface area contributed by atoms with E-state index in [1.54, 1.807) is 0 Å². The minimum Gasteiger partial charge on any atom is -0.387 e. The van der Waals surface area contributed by atoms with Crippen molar-refractivity contribution in [3.8, 4) is 6.07 Å². The summed E-state index contributed by atoms with van der Waals surface area (Å²) in [6.07, 6.45) is -1.55. The van der Waals surface area contributed by atoms with E-state index >= 15 is 4.39 Å². The van der Waals surface area contributed by atoms with Crippen LogP contribution in [0.5, 0.6) is 0 Å². The molecule has 10 nitrogen and oxygen atoms in total. The highest BCUT2D eigenvalue weighted by Crippen LogP contribution is 2.70. The summed E-state index contributed by atoms with van der Waals surface area (Å²) < 4.78 is 38.1. The van der Waals surface area contributed by atoms with E-state index in [0.717, 1.165) is 0 Å². The highest BCUT2D eigenvalue weighted by atomic mass is 31.2. The number of anilines is 1. The van der Waals surface area contributed by atoms with Gasteiger partial charge < -0.3 is 24.6 Å². The van der Waals surface area contributed by atoms with Crippen molar-refractivity contribution < 1.29 is 23.3 Å². The third-order valence-electron chi connectivity index (χ3n) is 6.63. The fourth-order valence-electron chi connectivity index (χ4n) is 5.17. The van der Waals surface area contributed by atoms with Crippen LogP contribution >= 0.6 is 8.53 Å². The van der Waals surface area contributed by atoms with Crippen LogP contribution in [-0.2, 0) is 13.8 Å². The number of aliphatic hydroxyl groups is 1. The molecular formula is C21H31FN5O5P. The number of fused-ring (bicyclic) bond motifs is 3. The summed E-state index contributed by atoms with van der Waals surface area (Å²) in [5, 5.41) is 20.1. The van der Waals surface area contributed by atoms with E-state index in [4.69, 9.17) is 24.8 Å². The predicted octanol–water partition coefficient (Wildman–Crippen LogP) is 2.25. The molecule has 33 heavy (non-hydrogen) atoms. The van der Waals surface area contributed by atoms with Crippen LogP contribution in [-0.4, -0.2) is 61.5 Å². The van der Waals surface area contributed by atoms with E-state index in [9.17, 15) is 9.90 Å². The van der Waals surface area contributed by atoms with Crippen molar-refractivity contribution in [3.63, 3.8) is 0 Å². The molecule has 3 aliphatic rings. The number of nitriles is 1. The molecule has 12 heteroatoms. The molecule has 0 bridgehead atoms. The summed E-state index contributed by atoms with van der Waals surface area (Å²) in [6.45, 7) is 8.12. The van der Waals surface area contributed by atoms with Gasteiger partial charge in [-0.15, -0.1) is 0 Å². The molecule has 182 valence electrons. The fourth-order valence-corrected chi connectivity index (χ4v) is 7.02. The molecule has 0 amide bonds. The third kappa shape index (κ3) is 4.07. The molecule has 2 aliphatic carbocycles. The van der Waals surface area contributed by atoms with Crippen molar-refractivity contribution in [2.24, 2.45) is 5.92 Å². The van der Waals surface area contributed by atoms with Crippen molar-refractivity contribution in [2.75, 3.05) is 12.3 Å². The van der Waals surface area contributed by atoms with Crippen LogP contribution in [0.3, 0.4) is 0 Å². The van der Waals surface area contributed by atoms with E-state index in [0.29, 0.717) is 6.42 Å². The molecule has 1 aromatic rings. The molecule has 1 aliphatic heterocycles. The molecule has 2 heterocycles. The summed E-state index contributed by atoms with van der Waals surface area (Å²) in [5.41, 5.74) is 2.70. The Bertz CT molecular complexity index is 981. The number of nitrogens with zero attached hydrogens (tertiary/aromatic N) is 4. The van der Waals surface area contributed by atoms with Gasteiger partial charge in [-0.1, -0.05) is 0 Å². The molecule has 3 N–H and O–H groups in total. The normalized spacial score (nSPS) is 35.6. The number of nitrogens with two attached hydrogens (primary N) is 1. The lowest BCUT2D eigenvalue weighted by Gasteiger charge is -2.42. The lowest BCUT2D eigenvalue weighted by atomic mass is 9.91. The van der Waals surface area contributed by atoms with Gasteiger partial charge in [0.05, 0.1) is 24.7 Å². The van der Waals surface area contributed by atoms with Crippen molar-refractivity contribution in [1.29, 1.82) is 5.26 Å². The van der Waals surface area contributed by atoms with Gasteiger partial charge in [-0.25, -0.2) is 9.06 Å². The van der Waals surface area contributed by atoms with Gasteiger partial charge in [-0.3, -0.25) is 9.36 Å². The van der Waals surface area contributed by atoms with Crippen LogP contribution in [0.4, 0.5) is 10.3 Å². The molecule has 1 aromatic heterocycles. The third-order valence-corrected chi connectivity index (χ3v) is 8.83. The first-order valence-electron chi connectivity index (χ1n) is 11.2. The number of hydrogen-bond donors (Lipinski definition) is 2. The number of halogens is 1. The number of ether oxygens (including phenoxy) is 1. The monoisotopic (exact) mass is 483 g/mol. The van der Waals surface area contributed by atoms with Crippen molar-refractivity contribution in [3.05, 3.63) is 22.6 Å². The van der Waals surface area contributed by atoms with Crippen LogP contribution in [0.25, 0.3) is 0 Å². The van der Waals surface area contributed by atoms with Crippen LogP contribution in [0.15, 0.2) is 17.1 Å². The zero-order valence-corrected chi connectivity index (χ0v) is 20.1. The van der Waals surface area contributed by atoms with Gasteiger partial charge in [0.15, 0.2) is 12.4 Å². The topological polar surface area (TPSA) is 136 Å². The molecule has 2 saturated carbocycles. The maximum atomic E-state index is 16.3. The second-order valence-corrected chi connectivity index (χ2v) is 10.9. The Balaban J connectivity index is 1.69. The lowest BCUT2D eigenvalue weighted by Crippen LogP contribution is -2.50. The Hall–Kier alpha value is -1.67. The Morgan fingerprint density at radius 2 is 2.15 bits per heavy atom. The summed E-state index contributed by atoms with van der Waals surface area (Å²) >= 11 is 0. The van der Waals surface area contributed by atoms with Gasteiger partial charge in [0.25, 0.3) is 14.1 Å². The average Bonchev–Trinajstić information content (AvgIpc) is 3.18. The van der Waals surface area contributed by atoms with E-state index in [-0.39, 0.29) is 43.4 Å². The van der Waals surface area contributed by atoms with Crippen LogP contribution in [0, 0.1) is 17.2 Å². The standard InChI is InChI=1S/C21H31FN5O5P/c1-12(2)27(13(3)4)33(30-9-5-7-23)32-21-11-14-10-20(14,29)18(21)31-17(16(21)22)26-8-6-15(28)25-19(26)24/h6,8,12-14,16-18,29H,5,9-11H2,1-4H3,(H2,24,25,28)/t14-,16+,17+,18+,20+,21-,33?/m0/s1. The van der Waals surface area contributed by atoms with E-state index in [2.05, 4.69) is 4.98 Å². The smallest absolute Gasteiger partial charge is 0.274 e. The molecule has 0 aromatic carbocycles. The second-order valence-electron chi connectivity index (χ2n) is 9.53. The number of alkyl halides is 1. The van der Waals surface area contributed by atoms with Gasteiger partial charge in [-0.05, 0) is 46.5 Å². The van der Waals surface area contributed by atoms with Crippen molar-refractivity contribution >= 4 is 14.5 Å². The number of rotatable bonds is 9. The minimum atomic E-state index is -1.77. The molecule has 4 rings (SSSR count). The second kappa shape index (κ2) is 8.84. The number of aromatic nitrogens is 2. The highest BCUT2D eigenvalue weighted by molar-refractivity contribution is 7.44. The van der Waals surface area contributed by atoms with Gasteiger partial charge in [0.1, 0.15) is 11.7 Å². The quantitative estimate of drug-likeness (QED) is 0.400. The molecule has 0 spiro atoms. The number of nitrogen functional groups attached to an aromatic ring is 1. The number of hydrogen-bond acceptors (Lipinski definition) is 9. The van der Waals surface area contributed by atoms with Crippen molar-refractivity contribution in [1.82, 2.24) is 14.2 Å². The van der Waals surface area contributed by atoms with Gasteiger partial charge in [-0.2, -0.15) is 10.2 Å². The molecule has 3 fully saturated rings. The lowest BCUT2D eigenvalue weighted by molar-refractivity contribution is -0.102. The maximum absolute atomic E-state index is 16.3. The van der Waals surface area contributed by atoms with Gasteiger partial charge in [0, 0.05) is 24.3 Å². The van der Waals surface area contributed by atoms with Crippen LogP contribution in [0.1, 0.15) is 53.2 Å². The molecule has 7 atom stereocenters. The minimum absolute atomic E-state index is 0.0297. The van der Waals surface area contributed by atoms with E-state index < -0.39 is 43.8 Å². The molecular weight excluding hydrogens is 452 g/mol. The highest BCUT2D eigenvalue weighted by Gasteiger charge is 2.80. The Kier molecular flexibility index (Phi) is 6.55. The molecule has 0 radical (unpaired) electrons.